The number of cyclic esters (lactones) is 4. The van der Waals surface area contributed by atoms with E-state index in [-0.39, 0.29) is 44.9 Å². The van der Waals surface area contributed by atoms with Gasteiger partial charge in [-0.15, -0.1) is 0 Å². The quantitative estimate of drug-likeness (QED) is 0.316. The first kappa shape index (κ1) is 21.7. The number of ether oxygens (including phenoxy) is 4. The Morgan fingerprint density at radius 1 is 0.600 bits per heavy atom. The molecule has 0 N–H and O–H groups in total. The molecule has 3 aromatic carbocycles. The number of rotatable bonds is 4. The van der Waals surface area contributed by atoms with Crippen LogP contribution in [-0.2, 0) is 9.47 Å². The topological polar surface area (TPSA) is 139 Å². The normalized spacial score (nSPS) is 13.6. The number of carbonyl (C=O) groups excluding carboxylic acids is 6. The van der Waals surface area contributed by atoms with E-state index in [4.69, 9.17) is 9.47 Å². The maximum Gasteiger partial charge on any atom is 0.346 e. The van der Waals surface area contributed by atoms with Gasteiger partial charge < -0.3 is 18.9 Å². The molecule has 3 aromatic rings. The van der Waals surface area contributed by atoms with Gasteiger partial charge in [0.15, 0.2) is 0 Å². The Kier molecular flexibility index (Phi) is 4.98. The van der Waals surface area contributed by atoms with Crippen molar-refractivity contribution >= 4 is 35.8 Å². The highest BCUT2D eigenvalue weighted by Crippen LogP contribution is 2.27. The van der Waals surface area contributed by atoms with Crippen LogP contribution in [0.2, 0.25) is 0 Å². The summed E-state index contributed by atoms with van der Waals surface area (Å²) in [7, 11) is 0. The van der Waals surface area contributed by atoms with Crippen LogP contribution < -0.4 is 9.47 Å². The van der Waals surface area contributed by atoms with Gasteiger partial charge in [-0.25, -0.2) is 28.8 Å². The largest absolute Gasteiger partial charge is 0.423 e. The van der Waals surface area contributed by atoms with Crippen LogP contribution in [0.15, 0.2) is 54.6 Å². The lowest BCUT2D eigenvalue weighted by Gasteiger charge is -2.10. The lowest BCUT2D eigenvalue weighted by atomic mass is 10.1. The van der Waals surface area contributed by atoms with Crippen LogP contribution in [0.25, 0.3) is 0 Å². The zero-order chi connectivity index (χ0) is 24.9. The second-order valence-electron chi connectivity index (χ2n) is 7.58. The molecule has 5 rings (SSSR count). The molecule has 0 atom stereocenters. The van der Waals surface area contributed by atoms with Gasteiger partial charge >= 0.3 is 35.8 Å². The SMILES string of the molecule is Cc1cc(OC(=O)c2ccc3c(c2)C(=O)OC3=O)ccc1OC(=O)c1ccc2c(c1)C(=O)OC2=O. The first-order valence-corrected chi connectivity index (χ1v) is 10.1. The number of hydrogen-bond acceptors (Lipinski definition) is 10. The van der Waals surface area contributed by atoms with Crippen LogP contribution in [0.4, 0.5) is 0 Å². The summed E-state index contributed by atoms with van der Waals surface area (Å²) in [6.45, 7) is 1.62. The van der Waals surface area contributed by atoms with E-state index in [1.165, 1.54) is 54.6 Å². The highest BCUT2D eigenvalue weighted by atomic mass is 16.6. The number of carbonyl (C=O) groups is 6. The fraction of sp³-hybridized carbons (Fsp3) is 0.0400. The van der Waals surface area contributed by atoms with Crippen molar-refractivity contribution in [1.82, 2.24) is 0 Å². The van der Waals surface area contributed by atoms with E-state index in [1.807, 2.05) is 0 Å². The number of esters is 6. The molecule has 0 aromatic heterocycles. The summed E-state index contributed by atoms with van der Waals surface area (Å²) in [5.74, 6) is -4.46. The molecule has 2 heterocycles. The number of fused-ring (bicyclic) bond motifs is 2. The third kappa shape index (κ3) is 3.82. The van der Waals surface area contributed by atoms with Gasteiger partial charge in [0.05, 0.1) is 33.4 Å². The first-order chi connectivity index (χ1) is 16.7. The molecule has 0 radical (unpaired) electrons. The van der Waals surface area contributed by atoms with E-state index < -0.39 is 35.8 Å². The molecule has 0 saturated carbocycles. The third-order valence-corrected chi connectivity index (χ3v) is 5.32. The van der Waals surface area contributed by atoms with E-state index in [0.717, 1.165) is 0 Å². The van der Waals surface area contributed by atoms with Gasteiger partial charge in [0.25, 0.3) is 0 Å². The van der Waals surface area contributed by atoms with E-state index in [1.54, 1.807) is 6.92 Å². The second kappa shape index (κ2) is 8.03. The average molecular weight is 472 g/mol. The van der Waals surface area contributed by atoms with E-state index in [0.29, 0.717) is 5.56 Å². The van der Waals surface area contributed by atoms with Crippen molar-refractivity contribution in [3.8, 4) is 11.5 Å². The molecule has 2 aliphatic heterocycles. The number of aryl methyl sites for hydroxylation is 1. The zero-order valence-corrected chi connectivity index (χ0v) is 17.8. The van der Waals surface area contributed by atoms with Gasteiger partial charge in [-0.05, 0) is 67.1 Å². The Bertz CT molecular complexity index is 1510. The highest BCUT2D eigenvalue weighted by Gasteiger charge is 2.31. The van der Waals surface area contributed by atoms with E-state index >= 15 is 0 Å². The minimum absolute atomic E-state index is 0.0207. The summed E-state index contributed by atoms with van der Waals surface area (Å²) in [5, 5.41) is 0. The van der Waals surface area contributed by atoms with Gasteiger partial charge in [0.2, 0.25) is 0 Å². The second-order valence-corrected chi connectivity index (χ2v) is 7.58. The summed E-state index contributed by atoms with van der Waals surface area (Å²) in [6, 6.07) is 12.0. The van der Waals surface area contributed by atoms with Crippen LogP contribution in [0.3, 0.4) is 0 Å². The fourth-order valence-electron chi connectivity index (χ4n) is 3.55. The maximum atomic E-state index is 12.5. The van der Waals surface area contributed by atoms with Crippen molar-refractivity contribution in [2.75, 3.05) is 0 Å². The molecular weight excluding hydrogens is 460 g/mol. The number of hydrogen-bond donors (Lipinski definition) is 0. The minimum atomic E-state index is -0.839. The predicted molar refractivity (Wildman–Crippen MR) is 113 cm³/mol. The standard InChI is InChI=1S/C25H12O10/c1-11-8-14(32-20(26)12-2-5-15-17(9-12)24(30)34-22(15)28)4-7-19(11)33-21(27)13-3-6-16-18(10-13)25(31)35-23(16)29/h2-10H,1H3. The molecule has 0 saturated heterocycles. The molecule has 172 valence electrons. The molecule has 0 bridgehead atoms. The van der Waals surface area contributed by atoms with Crippen LogP contribution in [-0.4, -0.2) is 35.8 Å². The van der Waals surface area contributed by atoms with Crippen molar-refractivity contribution < 1.29 is 47.7 Å². The lowest BCUT2D eigenvalue weighted by molar-refractivity contribution is 0.0425. The summed E-state index contributed by atoms with van der Waals surface area (Å²) in [4.78, 5) is 71.5. The summed E-state index contributed by atoms with van der Waals surface area (Å²) in [5.41, 5.74) is 0.638. The van der Waals surface area contributed by atoms with Gasteiger partial charge in [-0.1, -0.05) is 0 Å². The summed E-state index contributed by atoms with van der Waals surface area (Å²) < 4.78 is 19.7. The molecule has 0 spiro atoms. The monoisotopic (exact) mass is 472 g/mol. The van der Waals surface area contributed by atoms with Gasteiger partial charge in [-0.2, -0.15) is 0 Å². The lowest BCUT2D eigenvalue weighted by Crippen LogP contribution is -2.11. The molecule has 0 unspecified atom stereocenters. The van der Waals surface area contributed by atoms with Gasteiger partial charge in [0, 0.05) is 0 Å². The van der Waals surface area contributed by atoms with Crippen molar-refractivity contribution in [2.24, 2.45) is 0 Å². The smallest absolute Gasteiger partial charge is 0.346 e. The fourth-order valence-corrected chi connectivity index (χ4v) is 3.55. The van der Waals surface area contributed by atoms with Crippen molar-refractivity contribution in [1.29, 1.82) is 0 Å². The van der Waals surface area contributed by atoms with Crippen molar-refractivity contribution in [2.45, 2.75) is 6.92 Å². The molecule has 2 aliphatic rings. The van der Waals surface area contributed by atoms with Gasteiger partial charge in [0.1, 0.15) is 11.5 Å². The Morgan fingerprint density at radius 3 is 1.60 bits per heavy atom. The van der Waals surface area contributed by atoms with E-state index in [9.17, 15) is 28.8 Å². The van der Waals surface area contributed by atoms with Crippen molar-refractivity contribution in [3.63, 3.8) is 0 Å². The van der Waals surface area contributed by atoms with Crippen LogP contribution in [0.1, 0.15) is 67.7 Å². The van der Waals surface area contributed by atoms with Gasteiger partial charge in [-0.3, -0.25) is 0 Å². The molecule has 0 aliphatic carbocycles. The molecule has 0 fully saturated rings. The Balaban J connectivity index is 1.30. The maximum absolute atomic E-state index is 12.5. The zero-order valence-electron chi connectivity index (χ0n) is 17.8. The Hall–Kier alpha value is -5.12. The van der Waals surface area contributed by atoms with Crippen LogP contribution >= 0.6 is 0 Å². The molecular formula is C25H12O10. The Morgan fingerprint density at radius 2 is 1.09 bits per heavy atom. The van der Waals surface area contributed by atoms with E-state index in [2.05, 4.69) is 9.47 Å². The summed E-state index contributed by atoms with van der Waals surface area (Å²) in [6.07, 6.45) is 0. The summed E-state index contributed by atoms with van der Waals surface area (Å²) >= 11 is 0. The molecule has 10 nitrogen and oxygen atoms in total. The Labute approximate surface area is 196 Å². The van der Waals surface area contributed by atoms with Crippen LogP contribution in [0.5, 0.6) is 11.5 Å². The molecule has 35 heavy (non-hydrogen) atoms. The highest BCUT2D eigenvalue weighted by molar-refractivity contribution is 6.16. The minimum Gasteiger partial charge on any atom is -0.423 e. The average Bonchev–Trinajstić information content (AvgIpc) is 3.28. The molecule has 10 heteroatoms. The van der Waals surface area contributed by atoms with Crippen molar-refractivity contribution in [3.05, 3.63) is 93.5 Å². The number of benzene rings is 3. The first-order valence-electron chi connectivity index (χ1n) is 10.1. The molecule has 0 amide bonds. The predicted octanol–water partition coefficient (Wildman–Crippen LogP) is 3.05. The third-order valence-electron chi connectivity index (χ3n) is 5.32. The van der Waals surface area contributed by atoms with Crippen LogP contribution in [0, 0.1) is 6.92 Å².